The lowest BCUT2D eigenvalue weighted by atomic mass is 10.1. The van der Waals surface area contributed by atoms with Gasteiger partial charge in [0, 0.05) is 12.3 Å². The molecule has 18 heavy (non-hydrogen) atoms. The lowest BCUT2D eigenvalue weighted by Gasteiger charge is -2.12. The van der Waals surface area contributed by atoms with E-state index < -0.39 is 5.51 Å². The van der Waals surface area contributed by atoms with Crippen molar-refractivity contribution in [2.45, 2.75) is 19.0 Å². The van der Waals surface area contributed by atoms with Crippen LogP contribution in [0.2, 0.25) is 0 Å². The molecule has 1 N–H and O–H groups in total. The van der Waals surface area contributed by atoms with E-state index in [-0.39, 0.29) is 35.9 Å². The third-order valence-electron chi connectivity index (χ3n) is 2.04. The molecule has 0 radical (unpaired) electrons. The number of carbonyl (C=O) groups excluding carboxylic acids is 1. The molecule has 0 aromatic carbocycles. The van der Waals surface area contributed by atoms with Crippen LogP contribution in [0.5, 0.6) is 0 Å². The Morgan fingerprint density at radius 2 is 2.28 bits per heavy atom. The standard InChI is InChI=1S/C9H13F3N4OS/c1-7(4-16-6-13-5-15-16)8(17)14-2-3-18-9(10,11)12/h5-7H,2-4H2,1H3,(H,14,17). The molecule has 1 unspecified atom stereocenters. The number of amides is 1. The number of aromatic nitrogens is 3. The molecule has 0 spiro atoms. The molecule has 1 aromatic heterocycles. The first-order valence-electron chi connectivity index (χ1n) is 5.19. The van der Waals surface area contributed by atoms with Crippen LogP contribution in [0.25, 0.3) is 0 Å². The van der Waals surface area contributed by atoms with Crippen LogP contribution in [0.1, 0.15) is 6.92 Å². The van der Waals surface area contributed by atoms with Crippen molar-refractivity contribution in [3.8, 4) is 0 Å². The van der Waals surface area contributed by atoms with Crippen molar-refractivity contribution in [2.24, 2.45) is 5.92 Å². The molecule has 102 valence electrons. The largest absolute Gasteiger partial charge is 0.441 e. The predicted octanol–water partition coefficient (Wildman–Crippen LogP) is 1.28. The second kappa shape index (κ2) is 6.62. The topological polar surface area (TPSA) is 59.8 Å². The second-order valence-corrected chi connectivity index (χ2v) is 4.76. The van der Waals surface area contributed by atoms with E-state index in [2.05, 4.69) is 15.4 Å². The first-order chi connectivity index (χ1) is 8.38. The number of nitrogens with one attached hydrogen (secondary N) is 1. The number of nitrogens with zero attached hydrogens (tertiary/aromatic N) is 3. The van der Waals surface area contributed by atoms with Gasteiger partial charge < -0.3 is 5.32 Å². The van der Waals surface area contributed by atoms with Crippen LogP contribution in [0.3, 0.4) is 0 Å². The number of rotatable bonds is 6. The Labute approximate surface area is 106 Å². The molecule has 5 nitrogen and oxygen atoms in total. The molecular formula is C9H13F3N4OS. The summed E-state index contributed by atoms with van der Waals surface area (Å²) in [6.45, 7) is 2.01. The Morgan fingerprint density at radius 3 is 2.83 bits per heavy atom. The van der Waals surface area contributed by atoms with Crippen molar-refractivity contribution in [2.75, 3.05) is 12.3 Å². The van der Waals surface area contributed by atoms with Crippen LogP contribution in [-0.4, -0.2) is 38.5 Å². The maximum atomic E-state index is 11.8. The molecule has 0 aliphatic heterocycles. The fourth-order valence-electron chi connectivity index (χ4n) is 1.21. The predicted molar refractivity (Wildman–Crippen MR) is 60.7 cm³/mol. The third-order valence-corrected chi connectivity index (χ3v) is 2.78. The summed E-state index contributed by atoms with van der Waals surface area (Å²) in [5.74, 6) is -0.860. The fraction of sp³-hybridized carbons (Fsp3) is 0.667. The van der Waals surface area contributed by atoms with Gasteiger partial charge in [-0.2, -0.15) is 18.3 Å². The van der Waals surface area contributed by atoms with E-state index in [1.54, 1.807) is 6.92 Å². The molecule has 1 rings (SSSR count). The summed E-state index contributed by atoms with van der Waals surface area (Å²) in [6, 6.07) is 0. The van der Waals surface area contributed by atoms with Gasteiger partial charge in [0.05, 0.1) is 12.5 Å². The molecule has 9 heteroatoms. The fourth-order valence-corrected chi connectivity index (χ4v) is 1.64. The lowest BCUT2D eigenvalue weighted by molar-refractivity contribution is -0.124. The van der Waals surface area contributed by atoms with Crippen molar-refractivity contribution in [3.05, 3.63) is 12.7 Å². The molecule has 0 saturated carbocycles. The van der Waals surface area contributed by atoms with Crippen molar-refractivity contribution in [1.82, 2.24) is 20.1 Å². The van der Waals surface area contributed by atoms with E-state index in [0.29, 0.717) is 6.54 Å². The van der Waals surface area contributed by atoms with Crippen molar-refractivity contribution < 1.29 is 18.0 Å². The van der Waals surface area contributed by atoms with Gasteiger partial charge in [-0.3, -0.25) is 9.48 Å². The number of halogens is 3. The molecule has 0 aliphatic carbocycles. The van der Waals surface area contributed by atoms with Gasteiger partial charge in [0.2, 0.25) is 5.91 Å². The average molecular weight is 282 g/mol. The molecular weight excluding hydrogens is 269 g/mol. The van der Waals surface area contributed by atoms with E-state index in [9.17, 15) is 18.0 Å². The molecule has 1 atom stereocenters. The summed E-state index contributed by atoms with van der Waals surface area (Å²) in [4.78, 5) is 15.3. The number of alkyl halides is 3. The quantitative estimate of drug-likeness (QED) is 0.799. The highest BCUT2D eigenvalue weighted by Crippen LogP contribution is 2.29. The molecule has 1 aromatic rings. The summed E-state index contributed by atoms with van der Waals surface area (Å²) in [5, 5.41) is 6.29. The van der Waals surface area contributed by atoms with Gasteiger partial charge in [0.25, 0.3) is 0 Å². The average Bonchev–Trinajstić information content (AvgIpc) is 2.75. The number of thioether (sulfide) groups is 1. The van der Waals surface area contributed by atoms with Crippen LogP contribution in [0.15, 0.2) is 12.7 Å². The van der Waals surface area contributed by atoms with Crippen LogP contribution < -0.4 is 5.32 Å². The SMILES string of the molecule is CC(Cn1cncn1)C(=O)NCCSC(F)(F)F. The molecule has 1 heterocycles. The third kappa shape index (κ3) is 5.89. The van der Waals surface area contributed by atoms with Crippen molar-refractivity contribution in [1.29, 1.82) is 0 Å². The van der Waals surface area contributed by atoms with E-state index in [0.717, 1.165) is 0 Å². The maximum Gasteiger partial charge on any atom is 0.441 e. The molecule has 1 amide bonds. The summed E-state index contributed by atoms with van der Waals surface area (Å²) in [6.07, 6.45) is 2.83. The van der Waals surface area contributed by atoms with Crippen LogP contribution in [-0.2, 0) is 11.3 Å². The Balaban J connectivity index is 2.20. The zero-order valence-electron chi connectivity index (χ0n) is 9.65. The van der Waals surface area contributed by atoms with Gasteiger partial charge in [-0.25, -0.2) is 4.98 Å². The highest BCUT2D eigenvalue weighted by atomic mass is 32.2. The van der Waals surface area contributed by atoms with E-state index in [4.69, 9.17) is 0 Å². The normalized spacial score (nSPS) is 13.3. The highest BCUT2D eigenvalue weighted by molar-refractivity contribution is 8.00. The number of carbonyl (C=O) groups is 1. The zero-order valence-corrected chi connectivity index (χ0v) is 10.5. The number of hydrogen-bond acceptors (Lipinski definition) is 4. The molecule has 0 aliphatic rings. The minimum atomic E-state index is -4.25. The van der Waals surface area contributed by atoms with Gasteiger partial charge in [-0.1, -0.05) is 6.92 Å². The zero-order chi connectivity index (χ0) is 13.6. The molecule has 0 bridgehead atoms. The van der Waals surface area contributed by atoms with Crippen molar-refractivity contribution >= 4 is 17.7 Å². The van der Waals surface area contributed by atoms with Crippen LogP contribution >= 0.6 is 11.8 Å². The van der Waals surface area contributed by atoms with Crippen LogP contribution in [0, 0.1) is 5.92 Å². The maximum absolute atomic E-state index is 11.8. The van der Waals surface area contributed by atoms with Crippen molar-refractivity contribution in [3.63, 3.8) is 0 Å². The van der Waals surface area contributed by atoms with E-state index >= 15 is 0 Å². The highest BCUT2D eigenvalue weighted by Gasteiger charge is 2.27. The Kier molecular flexibility index (Phi) is 5.45. The van der Waals surface area contributed by atoms with Gasteiger partial charge in [0.15, 0.2) is 0 Å². The molecule has 0 fully saturated rings. The van der Waals surface area contributed by atoms with Gasteiger partial charge >= 0.3 is 5.51 Å². The van der Waals surface area contributed by atoms with Gasteiger partial charge in [-0.15, -0.1) is 0 Å². The summed E-state index contributed by atoms with van der Waals surface area (Å²) < 4.78 is 37.0. The summed E-state index contributed by atoms with van der Waals surface area (Å²) in [7, 11) is 0. The van der Waals surface area contributed by atoms with Gasteiger partial charge in [0.1, 0.15) is 12.7 Å². The second-order valence-electron chi connectivity index (χ2n) is 3.60. The Morgan fingerprint density at radius 1 is 1.56 bits per heavy atom. The first kappa shape index (κ1) is 14.8. The monoisotopic (exact) mass is 282 g/mol. The van der Waals surface area contributed by atoms with Gasteiger partial charge in [-0.05, 0) is 11.8 Å². The summed E-state index contributed by atoms with van der Waals surface area (Å²) in [5.41, 5.74) is -4.25. The minimum absolute atomic E-state index is 0.00922. The minimum Gasteiger partial charge on any atom is -0.355 e. The lowest BCUT2D eigenvalue weighted by Crippen LogP contribution is -2.33. The van der Waals surface area contributed by atoms with E-state index in [1.807, 2.05) is 0 Å². The van der Waals surface area contributed by atoms with E-state index in [1.165, 1.54) is 17.3 Å². The smallest absolute Gasteiger partial charge is 0.355 e. The Bertz CT molecular complexity index is 368. The molecule has 0 saturated heterocycles. The Hall–Kier alpha value is -1.25. The van der Waals surface area contributed by atoms with Crippen LogP contribution in [0.4, 0.5) is 13.2 Å². The first-order valence-corrected chi connectivity index (χ1v) is 6.18. The number of hydrogen-bond donors (Lipinski definition) is 1. The summed E-state index contributed by atoms with van der Waals surface area (Å²) >= 11 is -0.150.